The number of carbonyl (C=O) groups is 1. The Kier molecular flexibility index (Phi) is 5.74. The third kappa shape index (κ3) is 3.87. The first kappa shape index (κ1) is 17.9. The largest absolute Gasteiger partial charge is 0.493 e. The van der Waals surface area contributed by atoms with Crippen LogP contribution in [0.3, 0.4) is 0 Å². The van der Waals surface area contributed by atoms with Crippen molar-refractivity contribution in [1.29, 1.82) is 0 Å². The van der Waals surface area contributed by atoms with Crippen molar-refractivity contribution in [1.82, 2.24) is 0 Å². The first-order valence-electron chi connectivity index (χ1n) is 8.51. The van der Waals surface area contributed by atoms with Gasteiger partial charge in [0, 0.05) is 16.6 Å². The molecule has 2 aromatic rings. The van der Waals surface area contributed by atoms with E-state index in [9.17, 15) is 9.18 Å². The zero-order valence-corrected chi connectivity index (χ0v) is 15.5. The summed E-state index contributed by atoms with van der Waals surface area (Å²) in [5.41, 5.74) is 0.414. The van der Waals surface area contributed by atoms with Crippen LogP contribution in [0.1, 0.15) is 31.2 Å². The SMILES string of the molecule is O=C(Nc1ccc(OCCBr)cc1)C1(c2ccccc2F)CCCC1. The van der Waals surface area contributed by atoms with Crippen LogP contribution in [0, 0.1) is 5.82 Å². The van der Waals surface area contributed by atoms with Crippen molar-refractivity contribution >= 4 is 27.5 Å². The second-order valence-electron chi connectivity index (χ2n) is 6.29. The number of ether oxygens (including phenoxy) is 1. The van der Waals surface area contributed by atoms with Crippen LogP contribution in [0.15, 0.2) is 48.5 Å². The van der Waals surface area contributed by atoms with E-state index in [-0.39, 0.29) is 11.7 Å². The number of carbonyl (C=O) groups excluding carboxylic acids is 1. The minimum Gasteiger partial charge on any atom is -0.493 e. The lowest BCUT2D eigenvalue weighted by atomic mass is 9.77. The first-order chi connectivity index (χ1) is 12.2. The molecule has 0 radical (unpaired) electrons. The minimum absolute atomic E-state index is 0.135. The summed E-state index contributed by atoms with van der Waals surface area (Å²) >= 11 is 3.31. The smallest absolute Gasteiger partial charge is 0.235 e. The van der Waals surface area contributed by atoms with Crippen LogP contribution < -0.4 is 10.1 Å². The van der Waals surface area contributed by atoms with E-state index < -0.39 is 5.41 Å². The molecule has 1 aliphatic rings. The third-order valence-corrected chi connectivity index (χ3v) is 5.06. The van der Waals surface area contributed by atoms with Gasteiger partial charge in [-0.25, -0.2) is 4.39 Å². The van der Waals surface area contributed by atoms with Gasteiger partial charge < -0.3 is 10.1 Å². The average Bonchev–Trinajstić information content (AvgIpc) is 3.12. The van der Waals surface area contributed by atoms with Crippen molar-refractivity contribution < 1.29 is 13.9 Å². The lowest BCUT2D eigenvalue weighted by Crippen LogP contribution is -2.38. The maximum absolute atomic E-state index is 14.4. The maximum Gasteiger partial charge on any atom is 0.235 e. The lowest BCUT2D eigenvalue weighted by molar-refractivity contribution is -0.121. The molecule has 0 saturated heterocycles. The number of nitrogens with one attached hydrogen (secondary N) is 1. The summed E-state index contributed by atoms with van der Waals surface area (Å²) in [5, 5.41) is 3.72. The number of alkyl halides is 1. The van der Waals surface area contributed by atoms with E-state index in [1.54, 1.807) is 18.2 Å². The monoisotopic (exact) mass is 405 g/mol. The van der Waals surface area contributed by atoms with Gasteiger partial charge in [0.15, 0.2) is 0 Å². The molecular weight excluding hydrogens is 385 g/mol. The van der Waals surface area contributed by atoms with Gasteiger partial charge in [-0.2, -0.15) is 0 Å². The van der Waals surface area contributed by atoms with Gasteiger partial charge in [-0.15, -0.1) is 0 Å². The molecule has 1 aliphatic carbocycles. The highest BCUT2D eigenvalue weighted by Crippen LogP contribution is 2.43. The number of benzene rings is 2. The summed E-state index contributed by atoms with van der Waals surface area (Å²) in [5.74, 6) is 0.310. The highest BCUT2D eigenvalue weighted by molar-refractivity contribution is 9.09. The fourth-order valence-corrected chi connectivity index (χ4v) is 3.65. The maximum atomic E-state index is 14.4. The third-order valence-electron chi connectivity index (χ3n) is 4.74. The molecule has 132 valence electrons. The van der Waals surface area contributed by atoms with E-state index in [4.69, 9.17) is 4.74 Å². The average molecular weight is 406 g/mol. The number of rotatable bonds is 6. The van der Waals surface area contributed by atoms with Crippen LogP contribution in [0.4, 0.5) is 10.1 Å². The Balaban J connectivity index is 1.79. The zero-order valence-electron chi connectivity index (χ0n) is 13.9. The van der Waals surface area contributed by atoms with E-state index in [1.807, 2.05) is 24.3 Å². The molecule has 1 fully saturated rings. The van der Waals surface area contributed by atoms with Crippen LogP contribution in [0.2, 0.25) is 0 Å². The van der Waals surface area contributed by atoms with Gasteiger partial charge >= 0.3 is 0 Å². The molecule has 0 heterocycles. The van der Waals surface area contributed by atoms with Crippen molar-refractivity contribution in [3.8, 4) is 5.75 Å². The fourth-order valence-electron chi connectivity index (χ4n) is 3.49. The molecule has 0 aliphatic heterocycles. The number of anilines is 1. The standard InChI is InChI=1S/C20H21BrFNO2/c21-13-14-25-16-9-7-15(8-10-16)23-19(24)20(11-3-4-12-20)17-5-1-2-6-18(17)22/h1-2,5-10H,3-4,11-14H2,(H,23,24). The Morgan fingerprint density at radius 1 is 1.12 bits per heavy atom. The van der Waals surface area contributed by atoms with Gasteiger partial charge in [-0.3, -0.25) is 4.79 Å². The normalized spacial score (nSPS) is 15.8. The highest BCUT2D eigenvalue weighted by atomic mass is 79.9. The van der Waals surface area contributed by atoms with E-state index in [2.05, 4.69) is 21.2 Å². The van der Waals surface area contributed by atoms with Crippen LogP contribution in [0.25, 0.3) is 0 Å². The molecule has 1 N–H and O–H groups in total. The second kappa shape index (κ2) is 8.00. The highest BCUT2D eigenvalue weighted by Gasteiger charge is 2.44. The second-order valence-corrected chi connectivity index (χ2v) is 7.08. The van der Waals surface area contributed by atoms with E-state index in [1.165, 1.54) is 6.07 Å². The summed E-state index contributed by atoms with van der Waals surface area (Å²) in [7, 11) is 0. The Morgan fingerprint density at radius 3 is 2.44 bits per heavy atom. The number of hydrogen-bond acceptors (Lipinski definition) is 2. The molecule has 0 atom stereocenters. The van der Waals surface area contributed by atoms with Gasteiger partial charge in [0.05, 0.1) is 12.0 Å². The predicted molar refractivity (Wildman–Crippen MR) is 101 cm³/mol. The molecule has 5 heteroatoms. The molecule has 25 heavy (non-hydrogen) atoms. The Hall–Kier alpha value is -1.88. The lowest BCUT2D eigenvalue weighted by Gasteiger charge is -2.28. The number of hydrogen-bond donors (Lipinski definition) is 1. The van der Waals surface area contributed by atoms with Gasteiger partial charge in [0.1, 0.15) is 11.6 Å². The van der Waals surface area contributed by atoms with E-state index in [0.717, 1.165) is 23.9 Å². The molecule has 1 amide bonds. The molecule has 0 unspecified atom stereocenters. The topological polar surface area (TPSA) is 38.3 Å². The fraction of sp³-hybridized carbons (Fsp3) is 0.350. The Labute approximate surface area is 155 Å². The summed E-state index contributed by atoms with van der Waals surface area (Å²) in [6, 6.07) is 13.9. The molecular formula is C20H21BrFNO2. The molecule has 3 nitrogen and oxygen atoms in total. The number of halogens is 2. The van der Waals surface area contributed by atoms with Crippen LogP contribution in [-0.2, 0) is 10.2 Å². The van der Waals surface area contributed by atoms with Crippen molar-refractivity contribution in [2.45, 2.75) is 31.1 Å². The van der Waals surface area contributed by atoms with Crippen molar-refractivity contribution in [3.05, 3.63) is 59.9 Å². The molecule has 2 aromatic carbocycles. The molecule has 0 spiro atoms. The van der Waals surface area contributed by atoms with Crippen molar-refractivity contribution in [3.63, 3.8) is 0 Å². The Morgan fingerprint density at radius 2 is 1.80 bits per heavy atom. The Bertz CT molecular complexity index is 727. The quantitative estimate of drug-likeness (QED) is 0.682. The number of amides is 1. The van der Waals surface area contributed by atoms with Crippen LogP contribution in [0.5, 0.6) is 5.75 Å². The van der Waals surface area contributed by atoms with E-state index in [0.29, 0.717) is 30.7 Å². The molecule has 0 aromatic heterocycles. The molecule has 0 bridgehead atoms. The van der Waals surface area contributed by atoms with Gasteiger partial charge in [0.2, 0.25) is 5.91 Å². The van der Waals surface area contributed by atoms with Gasteiger partial charge in [0.25, 0.3) is 0 Å². The molecule has 3 rings (SSSR count). The summed E-state index contributed by atoms with van der Waals surface area (Å²) < 4.78 is 19.9. The summed E-state index contributed by atoms with van der Waals surface area (Å²) in [6.07, 6.45) is 3.21. The predicted octanol–water partition coefficient (Wildman–Crippen LogP) is 5.05. The summed E-state index contributed by atoms with van der Waals surface area (Å²) in [6.45, 7) is 0.585. The van der Waals surface area contributed by atoms with Crippen molar-refractivity contribution in [2.24, 2.45) is 0 Å². The van der Waals surface area contributed by atoms with Crippen LogP contribution >= 0.6 is 15.9 Å². The summed E-state index contributed by atoms with van der Waals surface area (Å²) in [4.78, 5) is 13.0. The minimum atomic E-state index is -0.781. The zero-order chi connectivity index (χ0) is 17.7. The molecule has 1 saturated carbocycles. The van der Waals surface area contributed by atoms with Crippen molar-refractivity contribution in [2.75, 3.05) is 17.3 Å². The van der Waals surface area contributed by atoms with Crippen LogP contribution in [-0.4, -0.2) is 17.8 Å². The van der Waals surface area contributed by atoms with Gasteiger partial charge in [-0.05, 0) is 43.2 Å². The van der Waals surface area contributed by atoms with E-state index >= 15 is 0 Å². The first-order valence-corrected chi connectivity index (χ1v) is 9.63. The van der Waals surface area contributed by atoms with Gasteiger partial charge in [-0.1, -0.05) is 47.0 Å².